The van der Waals surface area contributed by atoms with Gasteiger partial charge in [0.1, 0.15) is 25.5 Å². The molecule has 2 aromatic rings. The average molecular weight is 400 g/mol. The average Bonchev–Trinajstić information content (AvgIpc) is 2.71. The highest BCUT2D eigenvalue weighted by molar-refractivity contribution is 5.51. The van der Waals surface area contributed by atoms with Gasteiger partial charge in [-0.05, 0) is 35.2 Å². The fourth-order valence-corrected chi connectivity index (χ4v) is 3.39. The van der Waals surface area contributed by atoms with Gasteiger partial charge >= 0.3 is 0 Å². The topological polar surface area (TPSA) is 81.5 Å². The van der Waals surface area contributed by atoms with E-state index in [4.69, 9.17) is 9.47 Å². The maximum absolute atomic E-state index is 10.9. The lowest BCUT2D eigenvalue weighted by Crippen LogP contribution is -2.96. The number of ether oxygens (including phenoxy) is 2. The molecule has 7 nitrogen and oxygen atoms in total. The number of nitrogens with two attached hydrogens (primary N) is 1. The van der Waals surface area contributed by atoms with Gasteiger partial charge in [0.15, 0.2) is 6.17 Å². The summed E-state index contributed by atoms with van der Waals surface area (Å²) in [7, 11) is 0. The molecule has 3 rings (SSSR count). The summed E-state index contributed by atoms with van der Waals surface area (Å²) < 4.78 is 11.5. The standard InChI is InChI=1S/C22H29N3O4/c1-22(2,3)17-4-10-20(11-5-17)29-14-12-23-21-16-28-15-13-24(21)18-6-8-19(9-7-18)25(26)27/h4-11,21,23H,12-16H2,1-3H3/p+1/t21-/m0/s1. The SMILES string of the molecule is CC(C)(C)c1ccc(OCC[NH2+][C@@H]2COCCN2c2ccc([N+](=O)[O-])cc2)cc1. The number of hydrogen-bond acceptors (Lipinski definition) is 5. The summed E-state index contributed by atoms with van der Waals surface area (Å²) in [6, 6.07) is 15.0. The van der Waals surface area contributed by atoms with Crippen molar-refractivity contribution < 1.29 is 19.7 Å². The van der Waals surface area contributed by atoms with Gasteiger partial charge in [0.25, 0.3) is 5.69 Å². The first-order chi connectivity index (χ1) is 13.8. The lowest BCUT2D eigenvalue weighted by atomic mass is 9.87. The Morgan fingerprint density at radius 2 is 1.86 bits per heavy atom. The molecule has 7 heteroatoms. The van der Waals surface area contributed by atoms with Crippen LogP contribution in [0.1, 0.15) is 26.3 Å². The van der Waals surface area contributed by atoms with E-state index in [0.29, 0.717) is 19.8 Å². The van der Waals surface area contributed by atoms with Crippen LogP contribution < -0.4 is 15.0 Å². The van der Waals surface area contributed by atoms with Crippen molar-refractivity contribution in [1.82, 2.24) is 0 Å². The Labute approximate surface area is 171 Å². The highest BCUT2D eigenvalue weighted by atomic mass is 16.6. The minimum Gasteiger partial charge on any atom is -0.488 e. The van der Waals surface area contributed by atoms with Crippen molar-refractivity contribution in [2.45, 2.75) is 32.4 Å². The van der Waals surface area contributed by atoms with Crippen LogP contribution in [0.2, 0.25) is 0 Å². The molecular weight excluding hydrogens is 370 g/mol. The molecule has 29 heavy (non-hydrogen) atoms. The second-order valence-electron chi connectivity index (χ2n) is 8.26. The lowest BCUT2D eigenvalue weighted by Gasteiger charge is -2.35. The third kappa shape index (κ3) is 5.68. The van der Waals surface area contributed by atoms with Crippen molar-refractivity contribution in [1.29, 1.82) is 0 Å². The minimum atomic E-state index is -0.377. The highest BCUT2D eigenvalue weighted by Gasteiger charge is 2.26. The molecule has 2 aromatic carbocycles. The Bertz CT molecular complexity index is 800. The molecule has 1 heterocycles. The number of morpholine rings is 1. The number of nitrogens with zero attached hydrogens (tertiary/aromatic N) is 2. The molecule has 0 spiro atoms. The molecule has 1 saturated heterocycles. The van der Waals surface area contributed by atoms with E-state index in [1.807, 2.05) is 12.1 Å². The van der Waals surface area contributed by atoms with Crippen LogP contribution in [0, 0.1) is 10.1 Å². The summed E-state index contributed by atoms with van der Waals surface area (Å²) in [4.78, 5) is 12.7. The summed E-state index contributed by atoms with van der Waals surface area (Å²) in [6.07, 6.45) is 0.122. The van der Waals surface area contributed by atoms with Crippen molar-refractivity contribution in [3.8, 4) is 5.75 Å². The van der Waals surface area contributed by atoms with Crippen molar-refractivity contribution in [2.75, 3.05) is 37.8 Å². The van der Waals surface area contributed by atoms with Gasteiger partial charge in [0.05, 0.1) is 11.5 Å². The van der Waals surface area contributed by atoms with Gasteiger partial charge in [0.2, 0.25) is 0 Å². The molecule has 1 aliphatic heterocycles. The lowest BCUT2D eigenvalue weighted by molar-refractivity contribution is -0.692. The summed E-state index contributed by atoms with van der Waals surface area (Å²) in [5, 5.41) is 13.1. The van der Waals surface area contributed by atoms with Crippen LogP contribution in [-0.2, 0) is 10.2 Å². The van der Waals surface area contributed by atoms with E-state index in [0.717, 1.165) is 24.5 Å². The van der Waals surface area contributed by atoms with Crippen LogP contribution in [0.3, 0.4) is 0 Å². The quantitative estimate of drug-likeness (QED) is 0.439. The van der Waals surface area contributed by atoms with E-state index in [1.54, 1.807) is 24.3 Å². The molecular formula is C22H30N3O4+. The van der Waals surface area contributed by atoms with Gasteiger partial charge in [-0.25, -0.2) is 0 Å². The van der Waals surface area contributed by atoms with Crippen LogP contribution in [0.25, 0.3) is 0 Å². The first-order valence-electron chi connectivity index (χ1n) is 10.00. The third-order valence-corrected chi connectivity index (χ3v) is 5.10. The molecule has 1 fully saturated rings. The zero-order chi connectivity index (χ0) is 20.9. The predicted molar refractivity (Wildman–Crippen MR) is 112 cm³/mol. The maximum atomic E-state index is 10.9. The number of nitro benzene ring substituents is 1. The molecule has 0 radical (unpaired) electrons. The molecule has 0 unspecified atom stereocenters. The summed E-state index contributed by atoms with van der Waals surface area (Å²) >= 11 is 0. The molecule has 2 N–H and O–H groups in total. The van der Waals surface area contributed by atoms with Gasteiger partial charge in [-0.3, -0.25) is 10.1 Å². The second kappa shape index (κ2) is 9.24. The van der Waals surface area contributed by atoms with E-state index in [1.165, 1.54) is 5.56 Å². The highest BCUT2D eigenvalue weighted by Crippen LogP contribution is 2.24. The van der Waals surface area contributed by atoms with Gasteiger partial charge in [-0.1, -0.05) is 32.9 Å². The minimum absolute atomic E-state index is 0.105. The monoisotopic (exact) mass is 400 g/mol. The van der Waals surface area contributed by atoms with E-state index < -0.39 is 0 Å². The van der Waals surface area contributed by atoms with Gasteiger partial charge in [-0.15, -0.1) is 0 Å². The number of nitro groups is 1. The molecule has 1 atom stereocenters. The Balaban J connectivity index is 1.51. The number of benzene rings is 2. The van der Waals surface area contributed by atoms with Gasteiger partial charge < -0.3 is 19.7 Å². The number of anilines is 1. The Morgan fingerprint density at radius 1 is 1.17 bits per heavy atom. The maximum Gasteiger partial charge on any atom is 0.269 e. The summed E-state index contributed by atoms with van der Waals surface area (Å²) in [5.41, 5.74) is 2.50. The summed E-state index contributed by atoms with van der Waals surface area (Å²) in [5.74, 6) is 0.874. The van der Waals surface area contributed by atoms with Crippen molar-refractivity contribution >= 4 is 11.4 Å². The molecule has 1 aliphatic rings. The molecule has 0 aromatic heterocycles. The van der Waals surface area contributed by atoms with Crippen LogP contribution in [-0.4, -0.2) is 44.0 Å². The van der Waals surface area contributed by atoms with Gasteiger partial charge in [0, 0.05) is 24.4 Å². The van der Waals surface area contributed by atoms with Crippen LogP contribution in [0.4, 0.5) is 11.4 Å². The molecule has 0 aliphatic carbocycles. The smallest absolute Gasteiger partial charge is 0.269 e. The molecule has 0 bridgehead atoms. The van der Waals surface area contributed by atoms with Crippen molar-refractivity contribution in [3.63, 3.8) is 0 Å². The fraction of sp³-hybridized carbons (Fsp3) is 0.455. The largest absolute Gasteiger partial charge is 0.488 e. The third-order valence-electron chi connectivity index (χ3n) is 5.10. The zero-order valence-electron chi connectivity index (χ0n) is 17.3. The number of non-ortho nitro benzene ring substituents is 1. The predicted octanol–water partition coefficient (Wildman–Crippen LogP) is 2.70. The van der Waals surface area contributed by atoms with Gasteiger partial charge in [-0.2, -0.15) is 0 Å². The summed E-state index contributed by atoms with van der Waals surface area (Å²) in [6.45, 7) is 9.99. The first kappa shape index (κ1) is 21.1. The Morgan fingerprint density at radius 3 is 2.48 bits per heavy atom. The Kier molecular flexibility index (Phi) is 6.71. The van der Waals surface area contributed by atoms with E-state index in [2.05, 4.69) is 43.1 Å². The normalized spacial score (nSPS) is 17.2. The number of rotatable bonds is 7. The molecule has 156 valence electrons. The van der Waals surface area contributed by atoms with Crippen molar-refractivity contribution in [3.05, 3.63) is 64.2 Å². The molecule has 0 amide bonds. The fourth-order valence-electron chi connectivity index (χ4n) is 3.39. The first-order valence-corrected chi connectivity index (χ1v) is 10.00. The zero-order valence-corrected chi connectivity index (χ0v) is 17.3. The Hall–Kier alpha value is -2.64. The number of hydrogen-bond donors (Lipinski definition) is 1. The van der Waals surface area contributed by atoms with E-state index >= 15 is 0 Å². The van der Waals surface area contributed by atoms with Crippen LogP contribution in [0.15, 0.2) is 48.5 Å². The van der Waals surface area contributed by atoms with E-state index in [9.17, 15) is 10.1 Å². The van der Waals surface area contributed by atoms with Crippen LogP contribution in [0.5, 0.6) is 5.75 Å². The number of quaternary nitrogens is 1. The van der Waals surface area contributed by atoms with Crippen LogP contribution >= 0.6 is 0 Å². The second-order valence-corrected chi connectivity index (χ2v) is 8.26. The van der Waals surface area contributed by atoms with Crippen molar-refractivity contribution in [2.24, 2.45) is 0 Å². The molecule has 0 saturated carbocycles. The van der Waals surface area contributed by atoms with E-state index in [-0.39, 0.29) is 22.2 Å².